The molecule has 1 aliphatic heterocycles. The number of hydrogen-bond acceptors (Lipinski definition) is 5. The number of β-amino-alcohol motifs (C(OH)–C–C–N with tert-alkyl or cyclic N) is 1. The Labute approximate surface area is 135 Å². The summed E-state index contributed by atoms with van der Waals surface area (Å²) in [6, 6.07) is 6.21. The normalized spacial score (nSPS) is 21.0. The van der Waals surface area contributed by atoms with Gasteiger partial charge in [-0.15, -0.1) is 0 Å². The smallest absolute Gasteiger partial charge is 0.269 e. The first-order chi connectivity index (χ1) is 11.0. The fourth-order valence-electron chi connectivity index (χ4n) is 2.61. The molecule has 1 amide bonds. The maximum atomic E-state index is 12.1. The molecule has 1 saturated heterocycles. The average Bonchev–Trinajstić information content (AvgIpc) is 2.54. The number of rotatable bonds is 6. The van der Waals surface area contributed by atoms with Crippen LogP contribution in [0.2, 0.25) is 0 Å². The van der Waals surface area contributed by atoms with Crippen LogP contribution in [0, 0.1) is 16.0 Å². The Kier molecular flexibility index (Phi) is 5.92. The first kappa shape index (κ1) is 17.2. The minimum absolute atomic E-state index is 0.0589. The third-order valence-corrected chi connectivity index (χ3v) is 4.25. The fraction of sp³-hybridized carbons (Fsp3) is 0.562. The van der Waals surface area contributed by atoms with Gasteiger partial charge in [-0.25, -0.2) is 0 Å². The number of amides is 1. The Morgan fingerprint density at radius 1 is 1.43 bits per heavy atom. The SMILES string of the molecule is CC1CCN(C(=O)CCCNc2ccc([N+](=O)[O-])cc2)CC1O. The highest BCUT2D eigenvalue weighted by molar-refractivity contribution is 5.76. The number of aliphatic hydroxyl groups is 1. The van der Waals surface area contributed by atoms with Crippen LogP contribution in [0.25, 0.3) is 0 Å². The number of carbonyl (C=O) groups is 1. The van der Waals surface area contributed by atoms with Gasteiger partial charge in [0.05, 0.1) is 11.0 Å². The van der Waals surface area contributed by atoms with Crippen molar-refractivity contribution >= 4 is 17.3 Å². The lowest BCUT2D eigenvalue weighted by Gasteiger charge is -2.34. The molecule has 0 saturated carbocycles. The van der Waals surface area contributed by atoms with Gasteiger partial charge in [0.1, 0.15) is 0 Å². The molecule has 0 bridgehead atoms. The van der Waals surface area contributed by atoms with Crippen molar-refractivity contribution in [2.45, 2.75) is 32.3 Å². The van der Waals surface area contributed by atoms with Crippen LogP contribution in [0.1, 0.15) is 26.2 Å². The third-order valence-electron chi connectivity index (χ3n) is 4.25. The molecule has 0 aromatic heterocycles. The van der Waals surface area contributed by atoms with Gasteiger partial charge in [0.25, 0.3) is 5.69 Å². The summed E-state index contributed by atoms with van der Waals surface area (Å²) in [5.74, 6) is 0.323. The van der Waals surface area contributed by atoms with Crippen LogP contribution in [-0.4, -0.2) is 46.6 Å². The fourth-order valence-corrected chi connectivity index (χ4v) is 2.61. The standard InChI is InChI=1S/C16H23N3O4/c1-12-8-10-18(11-15(12)20)16(21)3-2-9-17-13-4-6-14(7-5-13)19(22)23/h4-7,12,15,17,20H,2-3,8-11H2,1H3. The molecule has 23 heavy (non-hydrogen) atoms. The molecular formula is C16H23N3O4. The van der Waals surface area contributed by atoms with Gasteiger partial charge in [-0.3, -0.25) is 14.9 Å². The van der Waals surface area contributed by atoms with Crippen molar-refractivity contribution in [1.29, 1.82) is 0 Å². The zero-order chi connectivity index (χ0) is 16.8. The van der Waals surface area contributed by atoms with E-state index in [0.717, 1.165) is 12.1 Å². The Hall–Kier alpha value is -2.15. The monoisotopic (exact) mass is 321 g/mol. The highest BCUT2D eigenvalue weighted by Crippen LogP contribution is 2.18. The average molecular weight is 321 g/mol. The zero-order valence-corrected chi connectivity index (χ0v) is 13.3. The molecule has 1 fully saturated rings. The molecule has 1 heterocycles. The number of nitro benzene ring substituents is 1. The topological polar surface area (TPSA) is 95.7 Å². The van der Waals surface area contributed by atoms with Crippen LogP contribution in [0.3, 0.4) is 0 Å². The molecule has 126 valence electrons. The summed E-state index contributed by atoms with van der Waals surface area (Å²) in [6.45, 7) is 3.76. The van der Waals surface area contributed by atoms with Crippen molar-refractivity contribution in [3.63, 3.8) is 0 Å². The molecular weight excluding hydrogens is 298 g/mol. The van der Waals surface area contributed by atoms with Gasteiger partial charge in [-0.05, 0) is 30.9 Å². The summed E-state index contributed by atoms with van der Waals surface area (Å²) in [5.41, 5.74) is 0.855. The molecule has 2 unspecified atom stereocenters. The van der Waals surface area contributed by atoms with E-state index in [2.05, 4.69) is 5.32 Å². The van der Waals surface area contributed by atoms with E-state index in [1.54, 1.807) is 17.0 Å². The number of nitrogens with zero attached hydrogens (tertiary/aromatic N) is 2. The van der Waals surface area contributed by atoms with Crippen LogP contribution in [0.15, 0.2) is 24.3 Å². The number of non-ortho nitro benzene ring substituents is 1. The van der Waals surface area contributed by atoms with Crippen molar-refractivity contribution in [1.82, 2.24) is 4.90 Å². The molecule has 2 N–H and O–H groups in total. The molecule has 0 radical (unpaired) electrons. The third kappa shape index (κ3) is 4.92. The van der Waals surface area contributed by atoms with E-state index in [4.69, 9.17) is 0 Å². The van der Waals surface area contributed by atoms with Crippen LogP contribution in [0.5, 0.6) is 0 Å². The van der Waals surface area contributed by atoms with Gasteiger partial charge < -0.3 is 15.3 Å². The molecule has 7 nitrogen and oxygen atoms in total. The highest BCUT2D eigenvalue weighted by atomic mass is 16.6. The van der Waals surface area contributed by atoms with Crippen molar-refractivity contribution < 1.29 is 14.8 Å². The molecule has 0 spiro atoms. The summed E-state index contributed by atoms with van der Waals surface area (Å²) in [4.78, 5) is 24.0. The number of nitro groups is 1. The minimum atomic E-state index is -0.434. The minimum Gasteiger partial charge on any atom is -0.391 e. The van der Waals surface area contributed by atoms with E-state index in [-0.39, 0.29) is 17.5 Å². The first-order valence-corrected chi connectivity index (χ1v) is 7.91. The van der Waals surface area contributed by atoms with Crippen LogP contribution < -0.4 is 5.32 Å². The van der Waals surface area contributed by atoms with Gasteiger partial charge in [0, 0.05) is 43.9 Å². The predicted molar refractivity (Wildman–Crippen MR) is 87.2 cm³/mol. The van der Waals surface area contributed by atoms with Gasteiger partial charge in [0.15, 0.2) is 0 Å². The summed E-state index contributed by atoms with van der Waals surface area (Å²) < 4.78 is 0. The molecule has 2 rings (SSSR count). The number of piperidine rings is 1. The summed E-state index contributed by atoms with van der Waals surface area (Å²) in [6.07, 6.45) is 1.53. The summed E-state index contributed by atoms with van der Waals surface area (Å²) in [7, 11) is 0. The van der Waals surface area contributed by atoms with Crippen LogP contribution >= 0.6 is 0 Å². The van der Waals surface area contributed by atoms with E-state index in [1.807, 2.05) is 6.92 Å². The largest absolute Gasteiger partial charge is 0.391 e. The van der Waals surface area contributed by atoms with Crippen molar-refractivity contribution in [2.24, 2.45) is 5.92 Å². The molecule has 1 aromatic carbocycles. The Morgan fingerprint density at radius 2 is 2.13 bits per heavy atom. The lowest BCUT2D eigenvalue weighted by atomic mass is 9.96. The van der Waals surface area contributed by atoms with Crippen LogP contribution in [0.4, 0.5) is 11.4 Å². The maximum absolute atomic E-state index is 12.1. The highest BCUT2D eigenvalue weighted by Gasteiger charge is 2.26. The van der Waals surface area contributed by atoms with Crippen molar-refractivity contribution in [3.8, 4) is 0 Å². The Balaban J connectivity index is 1.68. The second-order valence-corrected chi connectivity index (χ2v) is 6.01. The molecule has 7 heteroatoms. The van der Waals surface area contributed by atoms with Gasteiger partial charge in [0.2, 0.25) is 5.91 Å². The molecule has 2 atom stereocenters. The number of anilines is 1. The van der Waals surface area contributed by atoms with E-state index in [0.29, 0.717) is 32.5 Å². The van der Waals surface area contributed by atoms with Gasteiger partial charge in [-0.1, -0.05) is 6.92 Å². The number of nitrogens with one attached hydrogen (secondary N) is 1. The number of aliphatic hydroxyl groups excluding tert-OH is 1. The van der Waals surface area contributed by atoms with Crippen molar-refractivity contribution in [2.75, 3.05) is 25.0 Å². The van der Waals surface area contributed by atoms with E-state index in [9.17, 15) is 20.0 Å². The first-order valence-electron chi connectivity index (χ1n) is 7.91. The maximum Gasteiger partial charge on any atom is 0.269 e. The lowest BCUT2D eigenvalue weighted by Crippen LogP contribution is -2.45. The number of carbonyl (C=O) groups excluding carboxylic acids is 1. The second-order valence-electron chi connectivity index (χ2n) is 6.01. The van der Waals surface area contributed by atoms with Crippen LogP contribution in [-0.2, 0) is 4.79 Å². The quantitative estimate of drug-likeness (QED) is 0.475. The van der Waals surface area contributed by atoms with Gasteiger partial charge in [-0.2, -0.15) is 0 Å². The Bertz CT molecular complexity index is 547. The van der Waals surface area contributed by atoms with Gasteiger partial charge >= 0.3 is 0 Å². The van der Waals surface area contributed by atoms with E-state index < -0.39 is 11.0 Å². The molecule has 0 aliphatic carbocycles. The summed E-state index contributed by atoms with van der Waals surface area (Å²) >= 11 is 0. The number of hydrogen-bond donors (Lipinski definition) is 2. The van der Waals surface area contributed by atoms with E-state index in [1.165, 1.54) is 12.1 Å². The van der Waals surface area contributed by atoms with E-state index >= 15 is 0 Å². The second kappa shape index (κ2) is 7.92. The summed E-state index contributed by atoms with van der Waals surface area (Å²) in [5, 5.41) is 23.5. The predicted octanol–water partition coefficient (Wildman–Crippen LogP) is 2.02. The molecule has 1 aromatic rings. The Morgan fingerprint density at radius 3 is 2.74 bits per heavy atom. The molecule has 1 aliphatic rings. The number of benzene rings is 1. The van der Waals surface area contributed by atoms with Crippen molar-refractivity contribution in [3.05, 3.63) is 34.4 Å². The number of likely N-dealkylation sites (tertiary alicyclic amines) is 1. The zero-order valence-electron chi connectivity index (χ0n) is 13.3. The lowest BCUT2D eigenvalue weighted by molar-refractivity contribution is -0.384.